The van der Waals surface area contributed by atoms with Crippen molar-refractivity contribution in [3.63, 3.8) is 0 Å². The first-order valence-electron chi connectivity index (χ1n) is 14.7. The van der Waals surface area contributed by atoms with Crippen molar-refractivity contribution in [3.05, 3.63) is 52.8 Å². The standard InChI is InChI=1S/C32H41N3O7/c1-18(2)12-14-40-28-26-21-11-10-20(39-7)16-23(21)34-25(15-19(3)4)41-42-31(5,6)17-24(27(26)34)35-29(36)22-9-8-13-33(22)30(37)32(28,35)38/h10-12,15-16,22,24-25,28,38H,8-9,13-14,17H2,1-7H3/t22-,24-,25+,28-,32+/m1/s1. The Morgan fingerprint density at radius 3 is 2.60 bits per heavy atom. The molecule has 42 heavy (non-hydrogen) atoms. The van der Waals surface area contributed by atoms with Crippen molar-refractivity contribution in [3.8, 4) is 5.75 Å². The number of ether oxygens (including phenoxy) is 2. The van der Waals surface area contributed by atoms with Gasteiger partial charge in [0.1, 0.15) is 23.5 Å². The van der Waals surface area contributed by atoms with Crippen molar-refractivity contribution in [2.75, 3.05) is 20.3 Å². The zero-order chi connectivity index (χ0) is 30.1. The molecule has 226 valence electrons. The molecule has 5 atom stereocenters. The fraction of sp³-hybridized carbons (Fsp3) is 0.562. The van der Waals surface area contributed by atoms with E-state index in [1.165, 1.54) is 4.90 Å². The zero-order valence-electron chi connectivity index (χ0n) is 25.5. The molecule has 0 saturated carbocycles. The average Bonchev–Trinajstić information content (AvgIpc) is 3.54. The molecule has 1 aromatic heterocycles. The molecular weight excluding hydrogens is 538 g/mol. The van der Waals surface area contributed by atoms with Gasteiger partial charge in [-0.25, -0.2) is 9.78 Å². The first-order chi connectivity index (χ1) is 19.9. The number of hydrogen-bond donors (Lipinski definition) is 1. The molecule has 0 bridgehead atoms. The lowest BCUT2D eigenvalue weighted by atomic mass is 9.79. The Kier molecular flexibility index (Phi) is 7.04. The van der Waals surface area contributed by atoms with Crippen molar-refractivity contribution in [2.24, 2.45) is 0 Å². The monoisotopic (exact) mass is 579 g/mol. The summed E-state index contributed by atoms with van der Waals surface area (Å²) < 4.78 is 14.1. The minimum Gasteiger partial charge on any atom is -0.497 e. The summed E-state index contributed by atoms with van der Waals surface area (Å²) in [5, 5.41) is 13.5. The molecule has 0 spiro atoms. The molecule has 0 aliphatic carbocycles. The van der Waals surface area contributed by atoms with E-state index in [9.17, 15) is 14.7 Å². The average molecular weight is 580 g/mol. The topological polar surface area (TPSA) is 103 Å². The number of nitrogens with zero attached hydrogens (tertiary/aromatic N) is 3. The van der Waals surface area contributed by atoms with Gasteiger partial charge in [-0.15, -0.1) is 0 Å². The SMILES string of the molecule is COc1ccc2c3c4n(c2c1)[C@H](C=C(C)C)OOC(C)(C)C[C@H]4N1C(=O)[C@H]2CCCN2C(=O)[C@@]1(O)[C@@H]3OCC=C(C)C. The first kappa shape index (κ1) is 28.9. The summed E-state index contributed by atoms with van der Waals surface area (Å²) >= 11 is 0. The normalized spacial score (nSPS) is 29.8. The van der Waals surface area contributed by atoms with Gasteiger partial charge in [-0.3, -0.25) is 14.5 Å². The second-order valence-electron chi connectivity index (χ2n) is 12.9. The number of rotatable bonds is 5. The second-order valence-corrected chi connectivity index (χ2v) is 12.9. The number of benzene rings is 1. The van der Waals surface area contributed by atoms with E-state index in [2.05, 4.69) is 0 Å². The number of aliphatic hydroxyl groups is 1. The van der Waals surface area contributed by atoms with E-state index in [0.717, 1.165) is 27.7 Å². The summed E-state index contributed by atoms with van der Waals surface area (Å²) in [7, 11) is 1.61. The number of allylic oxidation sites excluding steroid dienone is 2. The number of fused-ring (bicyclic) bond motifs is 6. The lowest BCUT2D eigenvalue weighted by Crippen LogP contribution is -2.74. The number of methoxy groups -OCH3 is 1. The molecule has 10 nitrogen and oxygen atoms in total. The summed E-state index contributed by atoms with van der Waals surface area (Å²) in [6, 6.07) is 4.37. The highest BCUT2D eigenvalue weighted by Gasteiger charge is 2.67. The Morgan fingerprint density at radius 1 is 1.14 bits per heavy atom. The number of amides is 2. The lowest BCUT2D eigenvalue weighted by Gasteiger charge is -2.56. The highest BCUT2D eigenvalue weighted by Crippen LogP contribution is 2.56. The van der Waals surface area contributed by atoms with Gasteiger partial charge in [-0.2, -0.15) is 0 Å². The second kappa shape index (κ2) is 10.2. The Hall–Kier alpha value is -3.18. The van der Waals surface area contributed by atoms with E-state index < -0.39 is 41.6 Å². The number of carbonyl (C=O) groups is 2. The summed E-state index contributed by atoms with van der Waals surface area (Å²) in [5.41, 5.74) is 1.13. The number of carbonyl (C=O) groups excluding carboxylic acids is 2. The number of aromatic nitrogens is 1. The van der Waals surface area contributed by atoms with Crippen LogP contribution < -0.4 is 4.74 Å². The Morgan fingerprint density at radius 2 is 1.90 bits per heavy atom. The van der Waals surface area contributed by atoms with Crippen LogP contribution in [0.3, 0.4) is 0 Å². The van der Waals surface area contributed by atoms with Crippen molar-refractivity contribution < 1.29 is 33.9 Å². The molecule has 0 unspecified atom stereocenters. The molecule has 4 aliphatic rings. The Labute approximate surface area is 246 Å². The van der Waals surface area contributed by atoms with Crippen LogP contribution in [-0.2, 0) is 24.1 Å². The van der Waals surface area contributed by atoms with Crippen LogP contribution >= 0.6 is 0 Å². The van der Waals surface area contributed by atoms with Gasteiger partial charge >= 0.3 is 0 Å². The van der Waals surface area contributed by atoms with Crippen LogP contribution in [-0.4, -0.2) is 68.9 Å². The first-order valence-corrected chi connectivity index (χ1v) is 14.7. The van der Waals surface area contributed by atoms with Crippen LogP contribution in [0.1, 0.15) is 90.4 Å². The predicted molar refractivity (Wildman–Crippen MR) is 155 cm³/mol. The van der Waals surface area contributed by atoms with E-state index in [-0.39, 0.29) is 18.9 Å². The fourth-order valence-electron chi connectivity index (χ4n) is 7.02. The quantitative estimate of drug-likeness (QED) is 0.399. The molecule has 1 N–H and O–H groups in total. The van der Waals surface area contributed by atoms with Gasteiger partial charge in [-0.05, 0) is 72.6 Å². The third-order valence-electron chi connectivity index (χ3n) is 8.81. The van der Waals surface area contributed by atoms with E-state index in [1.807, 2.05) is 76.5 Å². The number of hydrogen-bond acceptors (Lipinski definition) is 7. The van der Waals surface area contributed by atoms with Gasteiger partial charge in [0.2, 0.25) is 5.91 Å². The predicted octanol–water partition coefficient (Wildman–Crippen LogP) is 4.85. The van der Waals surface area contributed by atoms with Gasteiger partial charge in [0.15, 0.2) is 6.23 Å². The molecule has 2 aromatic rings. The molecule has 1 aromatic carbocycles. The van der Waals surface area contributed by atoms with Crippen LogP contribution in [0.25, 0.3) is 10.9 Å². The van der Waals surface area contributed by atoms with Crippen LogP contribution in [0.15, 0.2) is 41.5 Å². The van der Waals surface area contributed by atoms with Crippen LogP contribution in [0.5, 0.6) is 5.75 Å². The zero-order valence-corrected chi connectivity index (χ0v) is 25.5. The highest BCUT2D eigenvalue weighted by atomic mass is 17.2. The molecule has 6 rings (SSSR count). The smallest absolute Gasteiger partial charge is 0.279 e. The molecule has 2 fully saturated rings. The van der Waals surface area contributed by atoms with Crippen molar-refractivity contribution in [2.45, 2.75) is 96.5 Å². The lowest BCUT2D eigenvalue weighted by molar-refractivity contribution is -0.390. The van der Waals surface area contributed by atoms with Gasteiger partial charge < -0.3 is 24.0 Å². The van der Waals surface area contributed by atoms with Gasteiger partial charge in [-0.1, -0.05) is 17.2 Å². The van der Waals surface area contributed by atoms with Crippen LogP contribution in [0, 0.1) is 0 Å². The van der Waals surface area contributed by atoms with Crippen LogP contribution in [0.2, 0.25) is 0 Å². The maximum atomic E-state index is 14.4. The third kappa shape index (κ3) is 4.30. The molecular formula is C32H41N3O7. The van der Waals surface area contributed by atoms with E-state index in [0.29, 0.717) is 30.7 Å². The molecule has 10 heteroatoms. The summed E-state index contributed by atoms with van der Waals surface area (Å²) in [4.78, 5) is 43.9. The Balaban J connectivity index is 1.72. The molecule has 4 aliphatic heterocycles. The van der Waals surface area contributed by atoms with Crippen molar-refractivity contribution >= 4 is 22.7 Å². The maximum Gasteiger partial charge on any atom is 0.279 e. The number of piperazine rings is 1. The fourth-order valence-corrected chi connectivity index (χ4v) is 7.02. The van der Waals surface area contributed by atoms with Crippen molar-refractivity contribution in [1.82, 2.24) is 14.4 Å². The molecule has 5 heterocycles. The van der Waals surface area contributed by atoms with E-state index >= 15 is 0 Å². The third-order valence-corrected chi connectivity index (χ3v) is 8.81. The molecule has 2 amide bonds. The maximum absolute atomic E-state index is 14.4. The minimum atomic E-state index is -2.24. The summed E-state index contributed by atoms with van der Waals surface area (Å²) in [5.74, 6) is -0.133. The minimum absolute atomic E-state index is 0.156. The van der Waals surface area contributed by atoms with Crippen molar-refractivity contribution in [1.29, 1.82) is 0 Å². The summed E-state index contributed by atoms with van der Waals surface area (Å²) in [6.45, 7) is 12.3. The van der Waals surface area contributed by atoms with Gasteiger partial charge in [0, 0.05) is 30.0 Å². The summed E-state index contributed by atoms with van der Waals surface area (Å²) in [6.07, 6.45) is 3.56. The Bertz CT molecular complexity index is 1500. The highest BCUT2D eigenvalue weighted by molar-refractivity contribution is 6.02. The van der Waals surface area contributed by atoms with E-state index in [1.54, 1.807) is 12.0 Å². The molecule has 0 radical (unpaired) electrons. The largest absolute Gasteiger partial charge is 0.497 e. The van der Waals surface area contributed by atoms with Crippen LogP contribution in [0.4, 0.5) is 0 Å². The molecule has 2 saturated heterocycles. The van der Waals surface area contributed by atoms with Gasteiger partial charge in [0.05, 0.1) is 31.0 Å². The van der Waals surface area contributed by atoms with Gasteiger partial charge in [0.25, 0.3) is 11.6 Å². The van der Waals surface area contributed by atoms with E-state index in [4.69, 9.17) is 19.2 Å².